The van der Waals surface area contributed by atoms with Gasteiger partial charge in [-0.2, -0.15) is 0 Å². The van der Waals surface area contributed by atoms with Gasteiger partial charge >= 0.3 is 11.9 Å². The molecule has 0 aromatic carbocycles. The predicted octanol–water partition coefficient (Wildman–Crippen LogP) is 1.09. The minimum atomic E-state index is -1.17. The van der Waals surface area contributed by atoms with Crippen molar-refractivity contribution in [1.82, 2.24) is 0 Å². The summed E-state index contributed by atoms with van der Waals surface area (Å²) in [5, 5.41) is 22.2. The lowest BCUT2D eigenvalue weighted by atomic mass is 10.2. The van der Waals surface area contributed by atoms with Gasteiger partial charge in [-0.25, -0.2) is 4.79 Å². The van der Waals surface area contributed by atoms with E-state index in [-0.39, 0.29) is 0 Å². The number of hydrogen-bond acceptors (Lipinski definition) is 4. The molecule has 14 heavy (non-hydrogen) atoms. The summed E-state index contributed by atoms with van der Waals surface area (Å²) in [6, 6.07) is 2.38. The van der Waals surface area contributed by atoms with E-state index in [0.29, 0.717) is 5.00 Å². The normalized spacial score (nSPS) is 12.0. The van der Waals surface area contributed by atoms with Gasteiger partial charge in [-0.15, -0.1) is 11.3 Å². The maximum absolute atomic E-state index is 10.6. The smallest absolute Gasteiger partial charge is 0.326 e. The number of aliphatic carboxylic acids is 2. The first-order valence-electron chi connectivity index (χ1n) is 3.84. The molecule has 1 atom stereocenters. The fourth-order valence-electron chi connectivity index (χ4n) is 0.907. The standard InChI is InChI=1S/C8H9NO4S/c10-7(11)4-5(8(12)13)9-6-2-1-3-14-6/h1-3,5,9H,4H2,(H,10,11)(H,12,13). The van der Waals surface area contributed by atoms with E-state index in [1.807, 2.05) is 0 Å². The van der Waals surface area contributed by atoms with Crippen molar-refractivity contribution >= 4 is 28.3 Å². The molecule has 0 aliphatic carbocycles. The largest absolute Gasteiger partial charge is 0.481 e. The van der Waals surface area contributed by atoms with Gasteiger partial charge in [0.2, 0.25) is 0 Å². The van der Waals surface area contributed by atoms with E-state index in [1.54, 1.807) is 17.5 Å². The van der Waals surface area contributed by atoms with Gasteiger partial charge in [-0.05, 0) is 17.5 Å². The third-order valence-corrected chi connectivity index (χ3v) is 2.32. The van der Waals surface area contributed by atoms with Crippen molar-refractivity contribution in [3.05, 3.63) is 17.5 Å². The Morgan fingerprint density at radius 2 is 2.21 bits per heavy atom. The Morgan fingerprint density at radius 3 is 2.64 bits per heavy atom. The summed E-state index contributed by atoms with van der Waals surface area (Å²) in [6.07, 6.45) is -0.437. The van der Waals surface area contributed by atoms with Gasteiger partial charge in [0.05, 0.1) is 11.4 Å². The number of thiophene rings is 1. The maximum atomic E-state index is 10.6. The highest BCUT2D eigenvalue weighted by atomic mass is 32.1. The zero-order valence-corrected chi connectivity index (χ0v) is 7.95. The van der Waals surface area contributed by atoms with Crippen LogP contribution in [0.2, 0.25) is 0 Å². The zero-order chi connectivity index (χ0) is 10.6. The second-order valence-electron chi connectivity index (χ2n) is 2.61. The summed E-state index contributed by atoms with van der Waals surface area (Å²) in [5.74, 6) is -2.30. The molecule has 0 radical (unpaired) electrons. The molecule has 0 saturated carbocycles. The number of carbonyl (C=O) groups is 2. The molecule has 1 aromatic heterocycles. The number of hydrogen-bond donors (Lipinski definition) is 3. The Bertz CT molecular complexity index is 322. The minimum absolute atomic E-state index is 0.437. The monoisotopic (exact) mass is 215 g/mol. The van der Waals surface area contributed by atoms with Crippen LogP contribution in [0.3, 0.4) is 0 Å². The molecular weight excluding hydrogens is 206 g/mol. The van der Waals surface area contributed by atoms with Gasteiger partial charge in [0.25, 0.3) is 0 Å². The van der Waals surface area contributed by atoms with E-state index in [4.69, 9.17) is 10.2 Å². The maximum Gasteiger partial charge on any atom is 0.326 e. The van der Waals surface area contributed by atoms with Crippen molar-refractivity contribution < 1.29 is 19.8 Å². The molecule has 0 spiro atoms. The summed E-state index contributed by atoms with van der Waals surface area (Å²) in [5.41, 5.74) is 0. The molecule has 0 aliphatic heterocycles. The van der Waals surface area contributed by atoms with Gasteiger partial charge in [0.15, 0.2) is 0 Å². The molecule has 0 saturated heterocycles. The molecule has 1 unspecified atom stereocenters. The second kappa shape index (κ2) is 4.61. The van der Waals surface area contributed by atoms with Crippen LogP contribution in [0.1, 0.15) is 6.42 Å². The van der Waals surface area contributed by atoms with E-state index >= 15 is 0 Å². The Hall–Kier alpha value is -1.56. The Balaban J connectivity index is 2.60. The van der Waals surface area contributed by atoms with Gasteiger partial charge in [-0.3, -0.25) is 4.79 Å². The Kier molecular flexibility index (Phi) is 3.47. The van der Waals surface area contributed by atoms with Crippen molar-refractivity contribution in [3.8, 4) is 0 Å². The van der Waals surface area contributed by atoms with Crippen LogP contribution in [0.15, 0.2) is 17.5 Å². The minimum Gasteiger partial charge on any atom is -0.481 e. The third kappa shape index (κ3) is 3.06. The predicted molar refractivity (Wildman–Crippen MR) is 51.6 cm³/mol. The lowest BCUT2D eigenvalue weighted by molar-refractivity contribution is -0.144. The zero-order valence-electron chi connectivity index (χ0n) is 7.14. The number of anilines is 1. The molecule has 76 valence electrons. The summed E-state index contributed by atoms with van der Waals surface area (Å²) >= 11 is 1.33. The molecule has 3 N–H and O–H groups in total. The molecule has 0 amide bonds. The van der Waals surface area contributed by atoms with Gasteiger partial charge in [-0.1, -0.05) is 0 Å². The topological polar surface area (TPSA) is 86.6 Å². The van der Waals surface area contributed by atoms with Crippen LogP contribution in [0.25, 0.3) is 0 Å². The number of carboxylic acids is 2. The highest BCUT2D eigenvalue weighted by Gasteiger charge is 2.20. The molecule has 5 nitrogen and oxygen atoms in total. The Morgan fingerprint density at radius 1 is 1.50 bits per heavy atom. The molecule has 1 aromatic rings. The number of rotatable bonds is 5. The van der Waals surface area contributed by atoms with Crippen molar-refractivity contribution in [2.45, 2.75) is 12.5 Å². The lowest BCUT2D eigenvalue weighted by Gasteiger charge is -2.11. The summed E-state index contributed by atoms with van der Waals surface area (Å²) in [7, 11) is 0. The van der Waals surface area contributed by atoms with Crippen LogP contribution in [0, 0.1) is 0 Å². The lowest BCUT2D eigenvalue weighted by Crippen LogP contribution is -2.31. The fourth-order valence-corrected chi connectivity index (χ4v) is 1.58. The van der Waals surface area contributed by atoms with E-state index < -0.39 is 24.4 Å². The first-order chi connectivity index (χ1) is 6.59. The van der Waals surface area contributed by atoms with Gasteiger partial charge in [0.1, 0.15) is 6.04 Å². The highest BCUT2D eigenvalue weighted by molar-refractivity contribution is 7.14. The third-order valence-electron chi connectivity index (χ3n) is 1.51. The van der Waals surface area contributed by atoms with Crippen LogP contribution in [0.4, 0.5) is 5.00 Å². The quantitative estimate of drug-likeness (QED) is 0.684. The van der Waals surface area contributed by atoms with Crippen molar-refractivity contribution in [2.75, 3.05) is 5.32 Å². The summed E-state index contributed by atoms with van der Waals surface area (Å²) in [4.78, 5) is 21.0. The van der Waals surface area contributed by atoms with Crippen molar-refractivity contribution in [1.29, 1.82) is 0 Å². The molecular formula is C8H9NO4S. The van der Waals surface area contributed by atoms with E-state index in [2.05, 4.69) is 5.32 Å². The van der Waals surface area contributed by atoms with Crippen LogP contribution < -0.4 is 5.32 Å². The van der Waals surface area contributed by atoms with Crippen molar-refractivity contribution in [3.63, 3.8) is 0 Å². The molecule has 0 fully saturated rings. The molecule has 0 bridgehead atoms. The first-order valence-corrected chi connectivity index (χ1v) is 4.72. The fraction of sp³-hybridized carbons (Fsp3) is 0.250. The van der Waals surface area contributed by atoms with E-state index in [0.717, 1.165) is 0 Å². The molecule has 0 aliphatic rings. The van der Waals surface area contributed by atoms with Crippen LogP contribution >= 0.6 is 11.3 Å². The number of nitrogens with one attached hydrogen (secondary N) is 1. The summed E-state index contributed by atoms with van der Waals surface area (Å²) < 4.78 is 0. The van der Waals surface area contributed by atoms with E-state index in [9.17, 15) is 9.59 Å². The first kappa shape index (κ1) is 10.5. The van der Waals surface area contributed by atoms with Crippen molar-refractivity contribution in [2.24, 2.45) is 0 Å². The van der Waals surface area contributed by atoms with Crippen LogP contribution in [-0.4, -0.2) is 28.2 Å². The number of carboxylic acid groups (broad SMARTS) is 2. The Labute approximate surface area is 84.0 Å². The second-order valence-corrected chi connectivity index (χ2v) is 3.56. The average molecular weight is 215 g/mol. The van der Waals surface area contributed by atoms with Gasteiger partial charge < -0.3 is 15.5 Å². The average Bonchev–Trinajstić information content (AvgIpc) is 2.54. The molecule has 1 heterocycles. The van der Waals surface area contributed by atoms with Crippen LogP contribution in [0.5, 0.6) is 0 Å². The molecule has 6 heteroatoms. The SMILES string of the molecule is O=C(O)CC(Nc1cccs1)C(=O)O. The molecule has 1 rings (SSSR count). The summed E-state index contributed by atoms with van der Waals surface area (Å²) in [6.45, 7) is 0. The van der Waals surface area contributed by atoms with Gasteiger partial charge in [0, 0.05) is 0 Å². The van der Waals surface area contributed by atoms with Crippen LogP contribution in [-0.2, 0) is 9.59 Å². The highest BCUT2D eigenvalue weighted by Crippen LogP contribution is 2.17. The van der Waals surface area contributed by atoms with E-state index in [1.165, 1.54) is 11.3 Å².